The lowest BCUT2D eigenvalue weighted by Gasteiger charge is -2.28. The number of fused-ring (bicyclic) bond motifs is 1. The van der Waals surface area contributed by atoms with Crippen LogP contribution in [0.4, 0.5) is 0 Å². The largest absolute Gasteiger partial charge is 0.489 e. The minimum Gasteiger partial charge on any atom is -0.489 e. The number of carbonyl (C=O) groups is 1. The van der Waals surface area contributed by atoms with Crippen LogP contribution in [-0.2, 0) is 9.53 Å². The van der Waals surface area contributed by atoms with Crippen LogP contribution in [0.5, 0.6) is 5.75 Å². The summed E-state index contributed by atoms with van der Waals surface area (Å²) in [6.07, 6.45) is 6.84. The van der Waals surface area contributed by atoms with Gasteiger partial charge in [0.1, 0.15) is 24.0 Å². The van der Waals surface area contributed by atoms with Gasteiger partial charge in [0.15, 0.2) is 0 Å². The average molecular weight is 443 g/mol. The zero-order valence-corrected chi connectivity index (χ0v) is 19.6. The van der Waals surface area contributed by atoms with Crippen molar-refractivity contribution in [3.8, 4) is 5.75 Å². The lowest BCUT2D eigenvalue weighted by atomic mass is 9.95. The summed E-state index contributed by atoms with van der Waals surface area (Å²) in [5, 5.41) is 11.0. The van der Waals surface area contributed by atoms with Crippen molar-refractivity contribution in [3.05, 3.63) is 64.1 Å². The maximum Gasteiger partial charge on any atom is 0.336 e. The summed E-state index contributed by atoms with van der Waals surface area (Å²) in [5.74, 6) is 0.274. The molecular formula is C26H34O6. The Morgan fingerprint density at radius 2 is 1.78 bits per heavy atom. The first-order valence-corrected chi connectivity index (χ1v) is 10.9. The first-order chi connectivity index (χ1) is 15.0. The van der Waals surface area contributed by atoms with Crippen LogP contribution < -0.4 is 10.4 Å². The molecular weight excluding hydrogens is 408 g/mol. The topological polar surface area (TPSA) is 86.0 Å². The second kappa shape index (κ2) is 11.7. The third-order valence-electron chi connectivity index (χ3n) is 5.20. The molecule has 0 radical (unpaired) electrons. The molecule has 0 aliphatic rings. The zero-order valence-electron chi connectivity index (χ0n) is 19.6. The van der Waals surface area contributed by atoms with E-state index in [2.05, 4.69) is 19.9 Å². The molecule has 2 rings (SSSR count). The Bertz CT molecular complexity index is 1020. The average Bonchev–Trinajstić information content (AvgIpc) is 2.69. The molecule has 1 atom stereocenters. The maximum absolute atomic E-state index is 11.4. The smallest absolute Gasteiger partial charge is 0.336 e. The van der Waals surface area contributed by atoms with Crippen LogP contribution >= 0.6 is 0 Å². The van der Waals surface area contributed by atoms with Crippen molar-refractivity contribution < 1.29 is 23.8 Å². The van der Waals surface area contributed by atoms with Crippen molar-refractivity contribution in [3.63, 3.8) is 0 Å². The van der Waals surface area contributed by atoms with Crippen LogP contribution in [0.3, 0.4) is 0 Å². The first kappa shape index (κ1) is 25.4. The van der Waals surface area contributed by atoms with E-state index in [1.807, 2.05) is 18.2 Å². The van der Waals surface area contributed by atoms with E-state index in [1.54, 1.807) is 26.0 Å². The number of hydrogen-bond acceptors (Lipinski definition) is 6. The van der Waals surface area contributed by atoms with E-state index < -0.39 is 11.7 Å². The third kappa shape index (κ3) is 8.71. The quantitative estimate of drug-likeness (QED) is 0.288. The normalized spacial score (nSPS) is 13.8. The van der Waals surface area contributed by atoms with Crippen molar-refractivity contribution in [2.45, 2.75) is 72.0 Å². The molecule has 1 aromatic carbocycles. The molecule has 6 nitrogen and oxygen atoms in total. The Labute approximate surface area is 189 Å². The molecule has 6 heteroatoms. The summed E-state index contributed by atoms with van der Waals surface area (Å²) in [6.45, 7) is 9.23. The number of esters is 1. The summed E-state index contributed by atoms with van der Waals surface area (Å²) in [6, 6.07) is 8.57. The lowest BCUT2D eigenvalue weighted by Crippen LogP contribution is -2.39. The highest BCUT2D eigenvalue weighted by Gasteiger charge is 2.29. The van der Waals surface area contributed by atoms with E-state index in [-0.39, 0.29) is 11.6 Å². The number of aliphatic hydroxyl groups is 1. The number of allylic oxidation sites excluding steroid dienone is 3. The van der Waals surface area contributed by atoms with Gasteiger partial charge >= 0.3 is 11.6 Å². The molecule has 0 aliphatic heterocycles. The fraction of sp³-hybridized carbons (Fsp3) is 0.462. The summed E-state index contributed by atoms with van der Waals surface area (Å²) in [4.78, 5) is 22.6. The van der Waals surface area contributed by atoms with Crippen LogP contribution in [0.15, 0.2) is 62.8 Å². The second-order valence-corrected chi connectivity index (χ2v) is 8.70. The molecule has 1 heterocycles. The van der Waals surface area contributed by atoms with Crippen LogP contribution in [0.2, 0.25) is 0 Å². The van der Waals surface area contributed by atoms with Crippen LogP contribution in [0, 0.1) is 0 Å². The summed E-state index contributed by atoms with van der Waals surface area (Å²) < 4.78 is 16.2. The van der Waals surface area contributed by atoms with Crippen molar-refractivity contribution in [2.24, 2.45) is 0 Å². The van der Waals surface area contributed by atoms with Gasteiger partial charge in [0.2, 0.25) is 0 Å². The second-order valence-electron chi connectivity index (χ2n) is 8.70. The summed E-state index contributed by atoms with van der Waals surface area (Å²) in [7, 11) is 0. The molecule has 0 saturated heterocycles. The molecule has 0 amide bonds. The van der Waals surface area contributed by atoms with E-state index in [1.165, 1.54) is 24.1 Å². The van der Waals surface area contributed by atoms with Crippen molar-refractivity contribution in [1.82, 2.24) is 0 Å². The van der Waals surface area contributed by atoms with Crippen LogP contribution in [-0.4, -0.2) is 29.4 Å². The Morgan fingerprint density at radius 1 is 1.09 bits per heavy atom. The van der Waals surface area contributed by atoms with E-state index in [0.717, 1.165) is 24.6 Å². The number of hydrogen-bond donors (Lipinski definition) is 1. The van der Waals surface area contributed by atoms with Crippen LogP contribution in [0.1, 0.15) is 60.3 Å². The molecule has 0 fully saturated rings. The van der Waals surface area contributed by atoms with E-state index in [9.17, 15) is 14.7 Å². The van der Waals surface area contributed by atoms with Gasteiger partial charge in [-0.2, -0.15) is 0 Å². The number of rotatable bonds is 11. The fourth-order valence-corrected chi connectivity index (χ4v) is 3.28. The fourth-order valence-electron chi connectivity index (χ4n) is 3.28. The molecule has 0 aliphatic carbocycles. The Morgan fingerprint density at radius 3 is 2.47 bits per heavy atom. The monoisotopic (exact) mass is 442 g/mol. The molecule has 174 valence electrons. The molecule has 0 bridgehead atoms. The van der Waals surface area contributed by atoms with Gasteiger partial charge in [0, 0.05) is 24.4 Å². The van der Waals surface area contributed by atoms with E-state index >= 15 is 0 Å². The van der Waals surface area contributed by atoms with Gasteiger partial charge in [0.25, 0.3) is 0 Å². The van der Waals surface area contributed by atoms with Crippen LogP contribution in [0.25, 0.3) is 11.0 Å². The Hall–Kier alpha value is -2.86. The maximum atomic E-state index is 11.4. The molecule has 1 N–H and O–H groups in total. The Kier molecular flexibility index (Phi) is 9.27. The highest BCUT2D eigenvalue weighted by atomic mass is 16.6. The minimum absolute atomic E-state index is 0.379. The number of benzene rings is 1. The Balaban J connectivity index is 1.78. The molecule has 0 saturated carbocycles. The summed E-state index contributed by atoms with van der Waals surface area (Å²) in [5.41, 5.74) is 1.48. The minimum atomic E-state index is -1.07. The number of carbonyl (C=O) groups excluding carboxylic acids is 1. The van der Waals surface area contributed by atoms with Gasteiger partial charge in [-0.05, 0) is 77.7 Å². The van der Waals surface area contributed by atoms with E-state index in [4.69, 9.17) is 13.9 Å². The standard InChI is InChI=1S/C26H34O6/c1-18(9-13-24(26(4,5)29)31-20(3)27)7-6-8-19(2)15-16-30-22-12-10-21-11-14-25(28)32-23(21)17-22/h7,10-12,14-15,17,24,29H,6,8-9,13,16H2,1-5H3/b18-7+,19-15+/t24-/m1/s1. The van der Waals surface area contributed by atoms with Crippen molar-refractivity contribution in [2.75, 3.05) is 6.61 Å². The van der Waals surface area contributed by atoms with Gasteiger partial charge in [-0.15, -0.1) is 0 Å². The van der Waals surface area contributed by atoms with Gasteiger partial charge in [-0.3, -0.25) is 4.79 Å². The first-order valence-electron chi connectivity index (χ1n) is 10.9. The SMILES string of the molecule is CC(=O)O[C@H](CC/C(C)=C/CC/C(C)=C/COc1ccc2ccc(=O)oc2c1)C(C)(C)O. The van der Waals surface area contributed by atoms with Gasteiger partial charge in [-0.1, -0.05) is 17.2 Å². The molecule has 1 aromatic heterocycles. The summed E-state index contributed by atoms with van der Waals surface area (Å²) >= 11 is 0. The van der Waals surface area contributed by atoms with E-state index in [0.29, 0.717) is 24.4 Å². The highest BCUT2D eigenvalue weighted by molar-refractivity contribution is 5.77. The number of ether oxygens (including phenoxy) is 2. The molecule has 2 aromatic rings. The van der Waals surface area contributed by atoms with Gasteiger partial charge in [-0.25, -0.2) is 4.79 Å². The van der Waals surface area contributed by atoms with Crippen molar-refractivity contribution >= 4 is 16.9 Å². The predicted octanol–water partition coefficient (Wildman–Crippen LogP) is 5.33. The molecule has 0 unspecified atom stereocenters. The highest BCUT2D eigenvalue weighted by Crippen LogP contribution is 2.22. The molecule has 32 heavy (non-hydrogen) atoms. The van der Waals surface area contributed by atoms with Crippen molar-refractivity contribution in [1.29, 1.82) is 0 Å². The van der Waals surface area contributed by atoms with Gasteiger partial charge in [0.05, 0.1) is 5.60 Å². The van der Waals surface area contributed by atoms with Gasteiger partial charge < -0.3 is 19.0 Å². The predicted molar refractivity (Wildman–Crippen MR) is 126 cm³/mol. The molecule has 0 spiro atoms. The third-order valence-corrected chi connectivity index (χ3v) is 5.20. The zero-order chi connectivity index (χ0) is 23.7. The lowest BCUT2D eigenvalue weighted by molar-refractivity contribution is -0.159.